The number of rotatable bonds is 5. The lowest BCUT2D eigenvalue weighted by atomic mass is 9.87. The first-order valence-corrected chi connectivity index (χ1v) is 12.7. The second-order valence-corrected chi connectivity index (χ2v) is 10.0. The molecule has 42 heavy (non-hydrogen) atoms. The maximum absolute atomic E-state index is 13.5. The SMILES string of the molecule is COc1cc(-c2cc(=O)c3c(O)c([C@@H]4OC[C@H](O)[C@H](O)[C@H]4O)c(O)c([C@@H]4OC[C@H](O)[C@H](O)[C@H]4O)c3o2)cc(O)c1OC. The molecule has 2 saturated heterocycles. The van der Waals surface area contributed by atoms with Gasteiger partial charge in [0.1, 0.15) is 71.5 Å². The standard InChI is InChI=1S/C27H30O15/c1-38-14-4-8(3-10(29)24(14)39-2)13-5-9(28)15-20(34)16(26-22(36)18(32)11(30)6-40-26)21(35)17(25(15)42-13)27-23(37)19(33)12(31)7-41-27/h3-5,11-12,18-19,22-23,26-27,29-37H,6-7H2,1-2H3/t11-,12-,18-,19-,22+,23+,26-,27-/m0/s1. The van der Waals surface area contributed by atoms with Crippen LogP contribution in [0, 0.1) is 0 Å². The van der Waals surface area contributed by atoms with E-state index in [2.05, 4.69) is 0 Å². The van der Waals surface area contributed by atoms with Gasteiger partial charge < -0.3 is 69.3 Å². The minimum absolute atomic E-state index is 0.00498. The van der Waals surface area contributed by atoms with Crippen LogP contribution in [0.25, 0.3) is 22.3 Å². The summed E-state index contributed by atoms with van der Waals surface area (Å²) in [6.07, 6.45) is -13.6. The molecule has 0 spiro atoms. The second kappa shape index (κ2) is 11.2. The molecule has 9 N–H and O–H groups in total. The summed E-state index contributed by atoms with van der Waals surface area (Å²) in [4.78, 5) is 13.5. The Morgan fingerprint density at radius 3 is 1.86 bits per heavy atom. The molecule has 2 aliphatic rings. The molecule has 0 bridgehead atoms. The van der Waals surface area contributed by atoms with Gasteiger partial charge in [0.25, 0.3) is 0 Å². The van der Waals surface area contributed by atoms with Crippen LogP contribution in [0.15, 0.2) is 27.4 Å². The zero-order valence-corrected chi connectivity index (χ0v) is 22.2. The van der Waals surface area contributed by atoms with Gasteiger partial charge >= 0.3 is 0 Å². The Morgan fingerprint density at radius 2 is 1.31 bits per heavy atom. The molecule has 0 radical (unpaired) electrons. The number of phenolic OH excluding ortho intramolecular Hbond substituents is 3. The predicted molar refractivity (Wildman–Crippen MR) is 139 cm³/mol. The van der Waals surface area contributed by atoms with Gasteiger partial charge in [0.2, 0.25) is 5.75 Å². The highest BCUT2D eigenvalue weighted by molar-refractivity contribution is 5.92. The molecule has 2 aromatic carbocycles. The average molecular weight is 595 g/mol. The highest BCUT2D eigenvalue weighted by Gasteiger charge is 2.46. The molecule has 2 fully saturated rings. The summed E-state index contributed by atoms with van der Waals surface area (Å²) in [5, 5.41) is 94.5. The maximum Gasteiger partial charge on any atom is 0.203 e. The molecule has 3 aromatic rings. The summed E-state index contributed by atoms with van der Waals surface area (Å²) in [6, 6.07) is 3.53. The van der Waals surface area contributed by atoms with Crippen molar-refractivity contribution in [2.75, 3.05) is 27.4 Å². The zero-order valence-electron chi connectivity index (χ0n) is 22.2. The number of fused-ring (bicyclic) bond motifs is 1. The zero-order chi connectivity index (χ0) is 30.6. The fourth-order valence-electron chi connectivity index (χ4n) is 5.29. The summed E-state index contributed by atoms with van der Waals surface area (Å²) < 4.78 is 27.3. The molecule has 0 saturated carbocycles. The van der Waals surface area contributed by atoms with E-state index in [1.54, 1.807) is 0 Å². The molecular weight excluding hydrogens is 564 g/mol. The van der Waals surface area contributed by atoms with Crippen LogP contribution < -0.4 is 14.9 Å². The van der Waals surface area contributed by atoms with Crippen molar-refractivity contribution in [2.45, 2.75) is 48.8 Å². The van der Waals surface area contributed by atoms with Crippen molar-refractivity contribution in [3.63, 3.8) is 0 Å². The Kier molecular flexibility index (Phi) is 7.95. The molecule has 8 atom stereocenters. The normalized spacial score (nSPS) is 29.9. The summed E-state index contributed by atoms with van der Waals surface area (Å²) in [5.41, 5.74) is -2.35. The molecule has 5 rings (SSSR count). The Morgan fingerprint density at radius 1 is 0.738 bits per heavy atom. The summed E-state index contributed by atoms with van der Waals surface area (Å²) >= 11 is 0. The third-order valence-electron chi connectivity index (χ3n) is 7.51. The number of methoxy groups -OCH3 is 2. The highest BCUT2D eigenvalue weighted by atomic mass is 16.5. The van der Waals surface area contributed by atoms with E-state index in [4.69, 9.17) is 23.4 Å². The van der Waals surface area contributed by atoms with Crippen LogP contribution >= 0.6 is 0 Å². The minimum Gasteiger partial charge on any atom is -0.507 e. The molecule has 2 aliphatic heterocycles. The van der Waals surface area contributed by atoms with Gasteiger partial charge in [-0.1, -0.05) is 0 Å². The van der Waals surface area contributed by atoms with Gasteiger partial charge in [-0.3, -0.25) is 4.79 Å². The van der Waals surface area contributed by atoms with Crippen molar-refractivity contribution in [1.29, 1.82) is 0 Å². The van der Waals surface area contributed by atoms with Crippen molar-refractivity contribution in [3.8, 4) is 40.1 Å². The van der Waals surface area contributed by atoms with E-state index >= 15 is 0 Å². The first kappa shape index (κ1) is 29.8. The smallest absolute Gasteiger partial charge is 0.203 e. The van der Waals surface area contributed by atoms with Crippen LogP contribution in [-0.4, -0.2) is 110 Å². The van der Waals surface area contributed by atoms with Gasteiger partial charge in [0, 0.05) is 11.6 Å². The van der Waals surface area contributed by atoms with Crippen LogP contribution in [-0.2, 0) is 9.47 Å². The number of aromatic hydroxyl groups is 3. The van der Waals surface area contributed by atoms with Gasteiger partial charge in [-0.15, -0.1) is 0 Å². The van der Waals surface area contributed by atoms with Gasteiger partial charge in [0.05, 0.1) is 38.6 Å². The Hall–Kier alpha value is -3.67. The maximum atomic E-state index is 13.5. The summed E-state index contributed by atoms with van der Waals surface area (Å²) in [7, 11) is 2.61. The number of ether oxygens (including phenoxy) is 4. The second-order valence-electron chi connectivity index (χ2n) is 10.0. The molecule has 15 heteroatoms. The van der Waals surface area contributed by atoms with E-state index in [0.717, 1.165) is 6.07 Å². The predicted octanol–water partition coefficient (Wildman–Crippen LogP) is -1.10. The third kappa shape index (κ3) is 4.69. The van der Waals surface area contributed by atoms with Gasteiger partial charge in [-0.2, -0.15) is 0 Å². The molecule has 0 unspecified atom stereocenters. The van der Waals surface area contributed by atoms with Crippen molar-refractivity contribution < 1.29 is 69.3 Å². The lowest BCUT2D eigenvalue weighted by Gasteiger charge is -2.38. The van der Waals surface area contributed by atoms with Crippen molar-refractivity contribution in [3.05, 3.63) is 39.5 Å². The van der Waals surface area contributed by atoms with Gasteiger partial charge in [-0.05, 0) is 12.1 Å². The number of aliphatic hydroxyl groups excluding tert-OH is 6. The fraction of sp³-hybridized carbons (Fsp3) is 0.444. The van der Waals surface area contributed by atoms with E-state index in [9.17, 15) is 50.8 Å². The molecule has 3 heterocycles. The van der Waals surface area contributed by atoms with Crippen molar-refractivity contribution in [2.24, 2.45) is 0 Å². The van der Waals surface area contributed by atoms with Crippen LogP contribution in [0.3, 0.4) is 0 Å². The third-order valence-corrected chi connectivity index (χ3v) is 7.51. The van der Waals surface area contributed by atoms with Crippen LogP contribution in [0.5, 0.6) is 28.7 Å². The average Bonchev–Trinajstić information content (AvgIpc) is 2.96. The topological polar surface area (TPSA) is 249 Å². The number of benzene rings is 2. The first-order chi connectivity index (χ1) is 19.9. The monoisotopic (exact) mass is 594 g/mol. The Bertz CT molecular complexity index is 1550. The van der Waals surface area contributed by atoms with Crippen LogP contribution in [0.1, 0.15) is 23.3 Å². The van der Waals surface area contributed by atoms with E-state index in [0.29, 0.717) is 0 Å². The van der Waals surface area contributed by atoms with E-state index in [1.165, 1.54) is 26.4 Å². The Labute approximate surface area is 236 Å². The first-order valence-electron chi connectivity index (χ1n) is 12.7. The van der Waals surface area contributed by atoms with Crippen LogP contribution in [0.2, 0.25) is 0 Å². The number of hydrogen-bond donors (Lipinski definition) is 9. The molecule has 1 aromatic heterocycles. The number of phenols is 3. The summed E-state index contributed by atoms with van der Waals surface area (Å²) in [6.45, 7) is -1.03. The Balaban J connectivity index is 1.81. The van der Waals surface area contributed by atoms with Gasteiger partial charge in [-0.25, -0.2) is 0 Å². The molecule has 228 valence electrons. The molecule has 0 aliphatic carbocycles. The minimum atomic E-state index is -1.89. The fourth-order valence-corrected chi connectivity index (χ4v) is 5.29. The van der Waals surface area contributed by atoms with E-state index in [1.807, 2.05) is 0 Å². The van der Waals surface area contributed by atoms with Crippen molar-refractivity contribution >= 4 is 11.0 Å². The molecule has 0 amide bonds. The number of hydrogen-bond acceptors (Lipinski definition) is 15. The van der Waals surface area contributed by atoms with Crippen molar-refractivity contribution in [1.82, 2.24) is 0 Å². The highest BCUT2D eigenvalue weighted by Crippen LogP contribution is 2.50. The quantitative estimate of drug-likeness (QED) is 0.170. The molecule has 15 nitrogen and oxygen atoms in total. The van der Waals surface area contributed by atoms with Gasteiger partial charge in [0.15, 0.2) is 22.5 Å². The number of aliphatic hydroxyl groups is 6. The molecular formula is C27H30O15. The summed E-state index contributed by atoms with van der Waals surface area (Å²) in [5.74, 6) is -2.30. The van der Waals surface area contributed by atoms with Crippen LogP contribution in [0.4, 0.5) is 0 Å². The largest absolute Gasteiger partial charge is 0.507 e. The lowest BCUT2D eigenvalue weighted by Crippen LogP contribution is -2.49. The van der Waals surface area contributed by atoms with E-state index < -0.39 is 101 Å². The van der Waals surface area contributed by atoms with E-state index in [-0.39, 0.29) is 28.6 Å². The lowest BCUT2D eigenvalue weighted by molar-refractivity contribution is -0.191.